The van der Waals surface area contributed by atoms with Crippen molar-refractivity contribution in [3.63, 3.8) is 0 Å². The summed E-state index contributed by atoms with van der Waals surface area (Å²) in [4.78, 5) is 26.6. The first-order chi connectivity index (χ1) is 14.1. The van der Waals surface area contributed by atoms with Crippen LogP contribution in [0.1, 0.15) is 12.0 Å². The summed E-state index contributed by atoms with van der Waals surface area (Å²) in [6.45, 7) is 1.83. The number of hydrogen-bond acceptors (Lipinski definition) is 4. The third kappa shape index (κ3) is 4.82. The van der Waals surface area contributed by atoms with Crippen molar-refractivity contribution < 1.29 is 19.1 Å². The van der Waals surface area contributed by atoms with Crippen molar-refractivity contribution >= 4 is 23.4 Å². The highest BCUT2D eigenvalue weighted by Crippen LogP contribution is 2.28. The van der Waals surface area contributed by atoms with Crippen molar-refractivity contribution in [3.8, 4) is 11.5 Å². The van der Waals surface area contributed by atoms with Crippen molar-refractivity contribution in [2.45, 2.75) is 18.9 Å². The van der Waals surface area contributed by atoms with E-state index in [0.717, 1.165) is 17.7 Å². The van der Waals surface area contributed by atoms with Crippen LogP contribution >= 0.6 is 11.6 Å². The number of rotatable bonds is 6. The van der Waals surface area contributed by atoms with E-state index in [1.807, 2.05) is 24.3 Å². The van der Waals surface area contributed by atoms with Gasteiger partial charge in [0.05, 0.1) is 0 Å². The van der Waals surface area contributed by atoms with Gasteiger partial charge in [-0.25, -0.2) is 0 Å². The molecule has 1 N–H and O–H groups in total. The zero-order valence-corrected chi connectivity index (χ0v) is 16.7. The second kappa shape index (κ2) is 8.74. The van der Waals surface area contributed by atoms with Crippen molar-refractivity contribution in [2.75, 3.05) is 26.2 Å². The lowest BCUT2D eigenvalue weighted by Crippen LogP contribution is -2.40. The molecule has 2 heterocycles. The second-order valence-electron chi connectivity index (χ2n) is 7.40. The van der Waals surface area contributed by atoms with E-state index in [-0.39, 0.29) is 24.3 Å². The van der Waals surface area contributed by atoms with E-state index in [1.165, 1.54) is 0 Å². The first-order valence-corrected chi connectivity index (χ1v) is 10.1. The number of nitrogens with zero attached hydrogens (tertiary/aromatic N) is 1. The van der Waals surface area contributed by atoms with Gasteiger partial charge in [-0.1, -0.05) is 29.8 Å². The number of hydrogen-bond donors (Lipinski definition) is 1. The Labute approximate surface area is 174 Å². The Hall–Kier alpha value is -2.73. The van der Waals surface area contributed by atoms with Crippen molar-refractivity contribution in [1.29, 1.82) is 0 Å². The molecule has 0 saturated carbocycles. The number of fused-ring (bicyclic) bond motifs is 1. The molecule has 2 amide bonds. The number of likely N-dealkylation sites (tertiary alicyclic amines) is 1. The Balaban J connectivity index is 1.18. The molecule has 0 aliphatic carbocycles. The Morgan fingerprint density at radius 1 is 1.17 bits per heavy atom. The molecule has 2 aromatic carbocycles. The molecule has 1 fully saturated rings. The van der Waals surface area contributed by atoms with Gasteiger partial charge in [-0.2, -0.15) is 0 Å². The summed E-state index contributed by atoms with van der Waals surface area (Å²) >= 11 is 5.84. The molecule has 152 valence electrons. The van der Waals surface area contributed by atoms with Crippen LogP contribution in [0.25, 0.3) is 0 Å². The number of carbonyl (C=O) groups is 2. The van der Waals surface area contributed by atoms with Gasteiger partial charge in [0, 0.05) is 31.1 Å². The first-order valence-electron chi connectivity index (χ1n) is 9.77. The molecular weight excluding hydrogens is 392 g/mol. The zero-order chi connectivity index (χ0) is 20.2. The van der Waals surface area contributed by atoms with Gasteiger partial charge in [0.15, 0.2) is 12.7 Å². The molecule has 6 nitrogen and oxygen atoms in total. The fourth-order valence-corrected chi connectivity index (χ4v) is 3.81. The van der Waals surface area contributed by atoms with E-state index in [9.17, 15) is 9.59 Å². The Bertz CT molecular complexity index is 862. The average Bonchev–Trinajstić information content (AvgIpc) is 3.38. The molecule has 2 aliphatic heterocycles. The van der Waals surface area contributed by atoms with Crippen LogP contribution in [0.4, 0.5) is 0 Å². The topological polar surface area (TPSA) is 67.9 Å². The van der Waals surface area contributed by atoms with Crippen LogP contribution in [0.3, 0.4) is 0 Å². The molecule has 1 saturated heterocycles. The van der Waals surface area contributed by atoms with Gasteiger partial charge in [0.1, 0.15) is 11.5 Å². The number of halogens is 1. The van der Waals surface area contributed by atoms with Gasteiger partial charge in [-0.3, -0.25) is 9.59 Å². The van der Waals surface area contributed by atoms with E-state index >= 15 is 0 Å². The molecular formula is C22H23ClN2O4. The van der Waals surface area contributed by atoms with Crippen LogP contribution < -0.4 is 14.8 Å². The van der Waals surface area contributed by atoms with Gasteiger partial charge in [-0.15, -0.1) is 0 Å². The minimum atomic E-state index is -0.473. The van der Waals surface area contributed by atoms with Gasteiger partial charge < -0.3 is 19.7 Å². The predicted molar refractivity (Wildman–Crippen MR) is 109 cm³/mol. The molecule has 0 radical (unpaired) electrons. The van der Waals surface area contributed by atoms with Crippen molar-refractivity contribution in [3.05, 3.63) is 59.1 Å². The maximum atomic E-state index is 12.4. The van der Waals surface area contributed by atoms with Crippen LogP contribution in [-0.2, 0) is 16.0 Å². The summed E-state index contributed by atoms with van der Waals surface area (Å²) in [7, 11) is 0. The van der Waals surface area contributed by atoms with Gasteiger partial charge in [0.25, 0.3) is 11.8 Å². The normalized spacial score (nSPS) is 20.1. The number of amides is 2. The lowest BCUT2D eigenvalue weighted by Gasteiger charge is -2.18. The highest BCUT2D eigenvalue weighted by molar-refractivity contribution is 6.30. The summed E-state index contributed by atoms with van der Waals surface area (Å²) in [5, 5.41) is 3.60. The van der Waals surface area contributed by atoms with Crippen molar-refractivity contribution in [2.24, 2.45) is 5.92 Å². The Morgan fingerprint density at radius 2 is 1.97 bits per heavy atom. The largest absolute Gasteiger partial charge is 0.484 e. The summed E-state index contributed by atoms with van der Waals surface area (Å²) in [6, 6.07) is 14.6. The minimum absolute atomic E-state index is 0.00508. The highest BCUT2D eigenvalue weighted by Gasteiger charge is 2.31. The number of nitrogens with one attached hydrogen (secondary N) is 1. The quantitative estimate of drug-likeness (QED) is 0.789. The lowest BCUT2D eigenvalue weighted by molar-refractivity contribution is -0.132. The molecule has 0 spiro atoms. The monoisotopic (exact) mass is 414 g/mol. The number of para-hydroxylation sites is 1. The van der Waals surface area contributed by atoms with Gasteiger partial charge >= 0.3 is 0 Å². The molecule has 7 heteroatoms. The number of benzene rings is 2. The first kappa shape index (κ1) is 19.6. The van der Waals surface area contributed by atoms with Crippen molar-refractivity contribution in [1.82, 2.24) is 10.2 Å². The van der Waals surface area contributed by atoms with E-state index < -0.39 is 6.10 Å². The van der Waals surface area contributed by atoms with E-state index in [1.54, 1.807) is 29.2 Å². The molecule has 2 atom stereocenters. The lowest BCUT2D eigenvalue weighted by atomic mass is 10.1. The summed E-state index contributed by atoms with van der Waals surface area (Å²) in [6.07, 6.45) is 0.984. The third-order valence-electron chi connectivity index (χ3n) is 5.32. The Kier molecular flexibility index (Phi) is 5.90. The fraction of sp³-hybridized carbons (Fsp3) is 0.364. The standard InChI is InChI=1S/C22H23ClN2O4/c23-17-5-7-18(8-6-17)28-14-21(26)25-10-9-15(13-25)12-24-22(27)20-11-16-3-1-2-4-19(16)29-20/h1-8,15,20H,9-14H2,(H,24,27). The van der Waals surface area contributed by atoms with E-state index in [4.69, 9.17) is 21.1 Å². The minimum Gasteiger partial charge on any atom is -0.484 e. The van der Waals surface area contributed by atoms with Gasteiger partial charge in [-0.05, 0) is 48.2 Å². The number of ether oxygens (including phenoxy) is 2. The molecule has 4 rings (SSSR count). The smallest absolute Gasteiger partial charge is 0.261 e. The molecule has 0 bridgehead atoms. The average molecular weight is 415 g/mol. The van der Waals surface area contributed by atoms with Gasteiger partial charge in [0.2, 0.25) is 0 Å². The fourth-order valence-electron chi connectivity index (χ4n) is 3.68. The highest BCUT2D eigenvalue weighted by atomic mass is 35.5. The molecule has 2 unspecified atom stereocenters. The SMILES string of the molecule is O=C(NCC1CCN(C(=O)COc2ccc(Cl)cc2)C1)C1Cc2ccccc2O1. The Morgan fingerprint density at radius 3 is 2.76 bits per heavy atom. The van der Waals surface area contributed by atoms with Crippen LogP contribution in [0.5, 0.6) is 11.5 Å². The molecule has 29 heavy (non-hydrogen) atoms. The van der Waals surface area contributed by atoms with Crippen LogP contribution in [0, 0.1) is 5.92 Å². The number of carbonyl (C=O) groups excluding carboxylic acids is 2. The van der Waals surface area contributed by atoms with E-state index in [0.29, 0.717) is 36.8 Å². The zero-order valence-electron chi connectivity index (χ0n) is 16.0. The van der Waals surface area contributed by atoms with Crippen LogP contribution in [0.15, 0.2) is 48.5 Å². The summed E-state index contributed by atoms with van der Waals surface area (Å²) < 4.78 is 11.3. The maximum Gasteiger partial charge on any atom is 0.261 e. The molecule has 2 aromatic rings. The molecule has 0 aromatic heterocycles. The van der Waals surface area contributed by atoms with E-state index in [2.05, 4.69) is 5.32 Å². The molecule has 2 aliphatic rings. The summed E-state index contributed by atoms with van der Waals surface area (Å²) in [5.74, 6) is 1.48. The summed E-state index contributed by atoms with van der Waals surface area (Å²) in [5.41, 5.74) is 1.06. The third-order valence-corrected chi connectivity index (χ3v) is 5.57. The second-order valence-corrected chi connectivity index (χ2v) is 7.84. The van der Waals surface area contributed by atoms with Crippen LogP contribution in [0.2, 0.25) is 5.02 Å². The van der Waals surface area contributed by atoms with Crippen LogP contribution in [-0.4, -0.2) is 49.1 Å². The maximum absolute atomic E-state index is 12.4. The predicted octanol–water partition coefficient (Wildman–Crippen LogP) is 2.69.